The van der Waals surface area contributed by atoms with E-state index in [1.54, 1.807) is 0 Å². The van der Waals surface area contributed by atoms with Crippen molar-refractivity contribution >= 4 is 11.9 Å². The van der Waals surface area contributed by atoms with Crippen LogP contribution in [0.3, 0.4) is 0 Å². The molecule has 0 saturated carbocycles. The molecule has 0 spiro atoms. The summed E-state index contributed by atoms with van der Waals surface area (Å²) >= 11 is 0. The van der Waals surface area contributed by atoms with Gasteiger partial charge in [-0.1, -0.05) is 6.42 Å². The van der Waals surface area contributed by atoms with Crippen LogP contribution in [-0.4, -0.2) is 149 Å². The van der Waals surface area contributed by atoms with Crippen molar-refractivity contribution in [3.63, 3.8) is 0 Å². The maximum Gasteiger partial charge on any atom is 0.306 e. The van der Waals surface area contributed by atoms with Crippen molar-refractivity contribution in [1.82, 2.24) is 24.9 Å². The van der Waals surface area contributed by atoms with Gasteiger partial charge in [0.15, 0.2) is 0 Å². The molecule has 0 radical (unpaired) electrons. The summed E-state index contributed by atoms with van der Waals surface area (Å²) in [6, 6.07) is 1.19. The zero-order valence-corrected chi connectivity index (χ0v) is 24.7. The minimum absolute atomic E-state index is 0.0937. The van der Waals surface area contributed by atoms with Crippen LogP contribution in [0.1, 0.15) is 46.0 Å². The van der Waals surface area contributed by atoms with Gasteiger partial charge in [0.25, 0.3) is 0 Å². The fourth-order valence-electron chi connectivity index (χ4n) is 5.08. The highest BCUT2D eigenvalue weighted by molar-refractivity contribution is 5.69. The van der Waals surface area contributed by atoms with Crippen LogP contribution >= 0.6 is 0 Å². The predicted molar refractivity (Wildman–Crippen MR) is 153 cm³/mol. The van der Waals surface area contributed by atoms with Gasteiger partial charge in [-0.3, -0.25) is 29.2 Å². The van der Waals surface area contributed by atoms with E-state index in [2.05, 4.69) is 48.2 Å². The molecule has 38 heavy (non-hydrogen) atoms. The van der Waals surface area contributed by atoms with E-state index < -0.39 is 0 Å². The zero-order chi connectivity index (χ0) is 28.2. The molecular weight excluding hydrogens is 486 g/mol. The predicted octanol–water partition coefficient (Wildman–Crippen LogP) is -0.211. The molecule has 2 aliphatic rings. The Morgan fingerprint density at radius 1 is 0.711 bits per heavy atom. The molecule has 2 atom stereocenters. The van der Waals surface area contributed by atoms with Crippen LogP contribution in [0.2, 0.25) is 0 Å². The lowest BCUT2D eigenvalue weighted by atomic mass is 10.1. The molecule has 0 unspecified atom stereocenters. The topological polar surface area (TPSA) is 130 Å². The third-order valence-corrected chi connectivity index (χ3v) is 7.45. The summed E-state index contributed by atoms with van der Waals surface area (Å²) in [5, 5.41) is 3.27. The number of carbonyl (C=O) groups is 2. The molecule has 2 heterocycles. The first-order valence-electron chi connectivity index (χ1n) is 14.5. The number of hydrogen-bond acceptors (Lipinski definition) is 11. The first kappa shape index (κ1) is 34.7. The van der Waals surface area contributed by atoms with E-state index in [-0.39, 0.29) is 11.9 Å². The van der Waals surface area contributed by atoms with E-state index in [4.69, 9.17) is 11.5 Å². The molecule has 0 bridgehead atoms. The number of unbranched alkanes of at least 4 members (excludes halogenated alkanes) is 2. The maximum absolute atomic E-state index is 11.0. The van der Waals surface area contributed by atoms with E-state index >= 15 is 0 Å². The van der Waals surface area contributed by atoms with Crippen molar-refractivity contribution in [3.05, 3.63) is 0 Å². The standard InChI is InChI=1S/C14H29N3O2.C13H28N4O2/c1-13-12-16(9-7-15)10-11-17(13)8-5-3-4-6-14(18)19-2;1-12-11-16(9-10-17(12)7-4-14)8-6-15-5-3-13(18)19-2/h13H,3-12,15H2,1-2H3;12,15H,3-11,14H2,1-2H3/t13-;12-/m00/s1. The summed E-state index contributed by atoms with van der Waals surface area (Å²) in [6.07, 6.45) is 4.20. The second-order valence-electron chi connectivity index (χ2n) is 10.4. The third-order valence-electron chi connectivity index (χ3n) is 7.45. The van der Waals surface area contributed by atoms with Crippen molar-refractivity contribution in [1.29, 1.82) is 0 Å². The van der Waals surface area contributed by atoms with Crippen molar-refractivity contribution in [2.24, 2.45) is 11.5 Å². The van der Waals surface area contributed by atoms with Gasteiger partial charge in [0.1, 0.15) is 0 Å². The van der Waals surface area contributed by atoms with E-state index in [0.717, 1.165) is 104 Å². The quantitative estimate of drug-likeness (QED) is 0.177. The Bertz CT molecular complexity index is 628. The molecule has 0 aliphatic carbocycles. The molecule has 2 aliphatic heterocycles. The minimum Gasteiger partial charge on any atom is -0.469 e. The average molecular weight is 544 g/mol. The maximum atomic E-state index is 11.0. The monoisotopic (exact) mass is 543 g/mol. The van der Waals surface area contributed by atoms with Crippen molar-refractivity contribution in [2.45, 2.75) is 58.0 Å². The Kier molecular flexibility index (Phi) is 19.6. The second-order valence-corrected chi connectivity index (χ2v) is 10.4. The molecule has 11 nitrogen and oxygen atoms in total. The summed E-state index contributed by atoms with van der Waals surface area (Å²) in [6.45, 7) is 18.5. The van der Waals surface area contributed by atoms with Crippen LogP contribution in [0.5, 0.6) is 0 Å². The highest BCUT2D eigenvalue weighted by Crippen LogP contribution is 2.11. The molecule has 2 rings (SSSR count). The van der Waals surface area contributed by atoms with Gasteiger partial charge in [0.05, 0.1) is 20.6 Å². The van der Waals surface area contributed by atoms with E-state index in [9.17, 15) is 9.59 Å². The molecule has 0 aromatic rings. The first-order chi connectivity index (χ1) is 18.3. The average Bonchev–Trinajstić information content (AvgIpc) is 2.91. The van der Waals surface area contributed by atoms with Crippen molar-refractivity contribution in [3.8, 4) is 0 Å². The van der Waals surface area contributed by atoms with Crippen LogP contribution in [0.4, 0.5) is 0 Å². The van der Waals surface area contributed by atoms with Gasteiger partial charge < -0.3 is 26.3 Å². The molecule has 0 aromatic heterocycles. The largest absolute Gasteiger partial charge is 0.469 e. The summed E-state index contributed by atoms with van der Waals surface area (Å²) in [7, 11) is 2.87. The second kappa shape index (κ2) is 21.5. The Morgan fingerprint density at radius 2 is 1.26 bits per heavy atom. The minimum atomic E-state index is -0.156. The number of nitrogens with zero attached hydrogens (tertiary/aromatic N) is 4. The molecule has 0 amide bonds. The molecule has 5 N–H and O–H groups in total. The molecule has 2 fully saturated rings. The summed E-state index contributed by atoms with van der Waals surface area (Å²) in [4.78, 5) is 31.8. The SMILES string of the molecule is COC(=O)CCCCCN1CCN(CCN)C[C@@H]1C.COC(=O)CCNCCN1CCN(CCN)[C@@H](C)C1. The van der Waals surface area contributed by atoms with Crippen LogP contribution in [0.15, 0.2) is 0 Å². The number of ether oxygens (including phenoxy) is 2. The lowest BCUT2D eigenvalue weighted by Gasteiger charge is -2.39. The van der Waals surface area contributed by atoms with Crippen LogP contribution in [0, 0.1) is 0 Å². The van der Waals surface area contributed by atoms with Gasteiger partial charge in [0, 0.05) is 104 Å². The van der Waals surface area contributed by atoms with E-state index in [0.29, 0.717) is 31.5 Å². The van der Waals surface area contributed by atoms with E-state index in [1.807, 2.05) is 0 Å². The molecule has 224 valence electrons. The number of nitrogens with one attached hydrogen (secondary N) is 1. The van der Waals surface area contributed by atoms with Crippen molar-refractivity contribution in [2.75, 3.05) is 106 Å². The van der Waals surface area contributed by atoms with Gasteiger partial charge in [-0.15, -0.1) is 0 Å². The van der Waals surface area contributed by atoms with Gasteiger partial charge >= 0.3 is 11.9 Å². The summed E-state index contributed by atoms with van der Waals surface area (Å²) in [5.74, 6) is -0.250. The normalized spacial score (nSPS) is 21.5. The molecule has 11 heteroatoms. The first-order valence-corrected chi connectivity index (χ1v) is 14.5. The van der Waals surface area contributed by atoms with Gasteiger partial charge in [0.2, 0.25) is 0 Å². The zero-order valence-electron chi connectivity index (χ0n) is 24.7. The number of methoxy groups -OCH3 is 2. The number of hydrogen-bond donors (Lipinski definition) is 3. The Morgan fingerprint density at radius 3 is 1.82 bits per heavy atom. The Labute approximate surface area is 231 Å². The lowest BCUT2D eigenvalue weighted by Crippen LogP contribution is -2.54. The van der Waals surface area contributed by atoms with Gasteiger partial charge in [-0.05, 0) is 33.2 Å². The fourth-order valence-corrected chi connectivity index (χ4v) is 5.08. The Hall–Kier alpha value is -1.34. The molecule has 0 aromatic carbocycles. The van der Waals surface area contributed by atoms with Gasteiger partial charge in [-0.25, -0.2) is 0 Å². The lowest BCUT2D eigenvalue weighted by molar-refractivity contribution is -0.141. The van der Waals surface area contributed by atoms with Gasteiger partial charge in [-0.2, -0.15) is 0 Å². The van der Waals surface area contributed by atoms with E-state index in [1.165, 1.54) is 14.2 Å². The smallest absolute Gasteiger partial charge is 0.306 e. The summed E-state index contributed by atoms with van der Waals surface area (Å²) < 4.78 is 9.22. The highest BCUT2D eigenvalue weighted by Gasteiger charge is 2.23. The van der Waals surface area contributed by atoms with Crippen LogP contribution < -0.4 is 16.8 Å². The third kappa shape index (κ3) is 15.3. The fraction of sp³-hybridized carbons (Fsp3) is 0.926. The number of carbonyl (C=O) groups excluding carboxylic acids is 2. The number of nitrogens with two attached hydrogens (primary N) is 2. The number of piperazine rings is 2. The van der Waals surface area contributed by atoms with Crippen molar-refractivity contribution < 1.29 is 19.1 Å². The molecule has 2 saturated heterocycles. The number of rotatable bonds is 16. The summed E-state index contributed by atoms with van der Waals surface area (Å²) in [5.41, 5.74) is 11.2. The molecular formula is C27H57N7O4. The van der Waals surface area contributed by atoms with Crippen LogP contribution in [0.25, 0.3) is 0 Å². The highest BCUT2D eigenvalue weighted by atomic mass is 16.5. The Balaban J connectivity index is 0.000000380. The number of esters is 2. The van der Waals surface area contributed by atoms with Crippen LogP contribution in [-0.2, 0) is 19.1 Å².